The van der Waals surface area contributed by atoms with Gasteiger partial charge in [0.15, 0.2) is 10.8 Å². The van der Waals surface area contributed by atoms with Crippen molar-refractivity contribution in [1.29, 1.82) is 0 Å². The number of nitrogens with two attached hydrogens (primary N) is 1. The monoisotopic (exact) mass is 478 g/mol. The summed E-state index contributed by atoms with van der Waals surface area (Å²) in [5.74, 6) is -0.961. The van der Waals surface area contributed by atoms with Crippen LogP contribution in [0.1, 0.15) is 33.8 Å². The first kappa shape index (κ1) is 22.0. The molecule has 0 unspecified atom stereocenters. The van der Waals surface area contributed by atoms with E-state index in [9.17, 15) is 14.0 Å². The standard InChI is InChI=1S/C24H23FN6O2S/c1-30-18-8-3-2-7-17(18)19(29-30)22(32)27-11-12-31(16-9-10-16)23(33)20-21(34-24(26)28-20)14-5-4-6-15(25)13-14/h2-8,13,16H,9-12H2,1H3,(H2,26,28)(H,27,32). The first-order valence-corrected chi connectivity index (χ1v) is 11.8. The molecule has 0 spiro atoms. The van der Waals surface area contributed by atoms with Gasteiger partial charge < -0.3 is 16.0 Å². The van der Waals surface area contributed by atoms with Crippen molar-refractivity contribution >= 4 is 39.2 Å². The third-order valence-electron chi connectivity index (χ3n) is 5.79. The SMILES string of the molecule is Cn1nc(C(=O)NCCN(C(=O)c2nc(N)sc2-c2cccc(F)c2)C2CC2)c2ccccc21. The lowest BCUT2D eigenvalue weighted by molar-refractivity contribution is 0.0732. The molecule has 1 aliphatic carbocycles. The number of halogens is 1. The second-order valence-electron chi connectivity index (χ2n) is 8.22. The van der Waals surface area contributed by atoms with E-state index in [-0.39, 0.29) is 35.2 Å². The molecule has 2 amide bonds. The number of rotatable bonds is 7. The van der Waals surface area contributed by atoms with Gasteiger partial charge in [-0.2, -0.15) is 5.10 Å². The van der Waals surface area contributed by atoms with E-state index in [1.807, 2.05) is 24.3 Å². The number of thiazole rings is 1. The van der Waals surface area contributed by atoms with Crippen LogP contribution in [-0.2, 0) is 7.05 Å². The third kappa shape index (κ3) is 4.24. The summed E-state index contributed by atoms with van der Waals surface area (Å²) in [5.41, 5.74) is 7.90. The number of nitrogens with zero attached hydrogens (tertiary/aromatic N) is 4. The Morgan fingerprint density at radius 3 is 2.76 bits per heavy atom. The second-order valence-corrected chi connectivity index (χ2v) is 9.25. The number of aryl methyl sites for hydroxylation is 1. The second kappa shape index (κ2) is 8.86. The largest absolute Gasteiger partial charge is 0.375 e. The Labute approximate surface area is 199 Å². The Bertz CT molecular complexity index is 1390. The van der Waals surface area contributed by atoms with Gasteiger partial charge in [0, 0.05) is 31.6 Å². The summed E-state index contributed by atoms with van der Waals surface area (Å²) in [7, 11) is 1.79. The maximum absolute atomic E-state index is 13.8. The average Bonchev–Trinajstić information content (AvgIpc) is 3.51. The smallest absolute Gasteiger partial charge is 0.274 e. The van der Waals surface area contributed by atoms with Gasteiger partial charge >= 0.3 is 0 Å². The van der Waals surface area contributed by atoms with Gasteiger partial charge in [0.05, 0.1) is 10.4 Å². The molecular formula is C24H23FN6O2S. The maximum atomic E-state index is 13.8. The molecule has 10 heteroatoms. The maximum Gasteiger partial charge on any atom is 0.274 e. The Balaban J connectivity index is 1.32. The van der Waals surface area contributed by atoms with Gasteiger partial charge in [-0.25, -0.2) is 9.37 Å². The summed E-state index contributed by atoms with van der Waals surface area (Å²) in [6.07, 6.45) is 1.78. The first-order valence-electron chi connectivity index (χ1n) is 11.0. The molecular weight excluding hydrogens is 455 g/mol. The van der Waals surface area contributed by atoms with E-state index in [0.717, 1.165) is 35.1 Å². The lowest BCUT2D eigenvalue weighted by Crippen LogP contribution is -2.40. The van der Waals surface area contributed by atoms with Crippen LogP contribution in [0.25, 0.3) is 21.3 Å². The van der Waals surface area contributed by atoms with Gasteiger partial charge in [-0.3, -0.25) is 14.3 Å². The zero-order valence-corrected chi connectivity index (χ0v) is 19.3. The number of hydrogen-bond donors (Lipinski definition) is 2. The lowest BCUT2D eigenvalue weighted by Gasteiger charge is -2.22. The van der Waals surface area contributed by atoms with E-state index in [4.69, 9.17) is 5.73 Å². The predicted octanol–water partition coefficient (Wildman–Crippen LogP) is 3.45. The quantitative estimate of drug-likeness (QED) is 0.423. The molecule has 3 N–H and O–H groups in total. The van der Waals surface area contributed by atoms with Crippen LogP contribution in [0.4, 0.5) is 9.52 Å². The van der Waals surface area contributed by atoms with Crippen LogP contribution in [0.5, 0.6) is 0 Å². The molecule has 8 nitrogen and oxygen atoms in total. The number of fused-ring (bicyclic) bond motifs is 1. The Morgan fingerprint density at radius 1 is 1.21 bits per heavy atom. The van der Waals surface area contributed by atoms with E-state index < -0.39 is 5.82 Å². The summed E-state index contributed by atoms with van der Waals surface area (Å²) < 4.78 is 15.5. The number of benzene rings is 2. The van der Waals surface area contributed by atoms with Crippen LogP contribution >= 0.6 is 11.3 Å². The number of para-hydroxylation sites is 1. The number of nitrogens with one attached hydrogen (secondary N) is 1. The topological polar surface area (TPSA) is 106 Å². The molecule has 2 aromatic carbocycles. The summed E-state index contributed by atoms with van der Waals surface area (Å²) in [4.78, 5) is 32.7. The normalized spacial score (nSPS) is 13.2. The highest BCUT2D eigenvalue weighted by Gasteiger charge is 2.35. The molecule has 4 aromatic rings. The number of nitrogen functional groups attached to an aromatic ring is 1. The van der Waals surface area contributed by atoms with Crippen LogP contribution in [0.3, 0.4) is 0 Å². The molecule has 1 saturated carbocycles. The summed E-state index contributed by atoms with van der Waals surface area (Å²) in [6, 6.07) is 13.6. The minimum absolute atomic E-state index is 0.0865. The number of anilines is 1. The molecule has 0 saturated heterocycles. The molecule has 0 radical (unpaired) electrons. The van der Waals surface area contributed by atoms with Crippen molar-refractivity contribution in [1.82, 2.24) is 25.0 Å². The number of aromatic nitrogens is 3. The van der Waals surface area contributed by atoms with Crippen molar-refractivity contribution in [2.45, 2.75) is 18.9 Å². The summed E-state index contributed by atoms with van der Waals surface area (Å²) in [5, 5.41) is 8.24. The summed E-state index contributed by atoms with van der Waals surface area (Å²) in [6.45, 7) is 0.584. The predicted molar refractivity (Wildman–Crippen MR) is 129 cm³/mol. The van der Waals surface area contributed by atoms with Crippen LogP contribution in [0, 0.1) is 5.82 Å². The average molecular weight is 479 g/mol. The van der Waals surface area contributed by atoms with Gasteiger partial charge in [-0.1, -0.05) is 41.7 Å². The lowest BCUT2D eigenvalue weighted by atomic mass is 10.1. The summed E-state index contributed by atoms with van der Waals surface area (Å²) >= 11 is 1.16. The van der Waals surface area contributed by atoms with E-state index in [1.165, 1.54) is 12.1 Å². The molecule has 1 fully saturated rings. The van der Waals surface area contributed by atoms with Gasteiger partial charge in [0.2, 0.25) is 0 Å². The first-order chi connectivity index (χ1) is 16.4. The molecule has 1 aliphatic rings. The highest BCUT2D eigenvalue weighted by molar-refractivity contribution is 7.19. The van der Waals surface area contributed by atoms with Crippen LogP contribution in [0.2, 0.25) is 0 Å². The Kier molecular flexibility index (Phi) is 5.74. The van der Waals surface area contributed by atoms with E-state index >= 15 is 0 Å². The molecule has 0 atom stereocenters. The van der Waals surface area contributed by atoms with Crippen molar-refractivity contribution in [2.75, 3.05) is 18.8 Å². The minimum atomic E-state index is -0.397. The van der Waals surface area contributed by atoms with E-state index in [2.05, 4.69) is 15.4 Å². The number of carbonyl (C=O) groups is 2. The van der Waals surface area contributed by atoms with Gasteiger partial charge in [-0.05, 0) is 36.6 Å². The Hall–Kier alpha value is -3.79. The molecule has 0 bridgehead atoms. The van der Waals surface area contributed by atoms with Crippen molar-refractivity contribution < 1.29 is 14.0 Å². The minimum Gasteiger partial charge on any atom is -0.375 e. The fraction of sp³-hybridized carbons (Fsp3) is 0.250. The van der Waals surface area contributed by atoms with Crippen molar-refractivity contribution in [3.8, 4) is 10.4 Å². The molecule has 174 valence electrons. The number of hydrogen-bond acceptors (Lipinski definition) is 6. The van der Waals surface area contributed by atoms with E-state index in [1.54, 1.807) is 28.8 Å². The fourth-order valence-corrected chi connectivity index (χ4v) is 4.85. The fourth-order valence-electron chi connectivity index (χ4n) is 4.03. The van der Waals surface area contributed by atoms with Crippen molar-refractivity contribution in [2.24, 2.45) is 7.05 Å². The highest BCUT2D eigenvalue weighted by atomic mass is 32.1. The van der Waals surface area contributed by atoms with Crippen LogP contribution in [-0.4, -0.2) is 50.6 Å². The van der Waals surface area contributed by atoms with E-state index in [0.29, 0.717) is 22.7 Å². The van der Waals surface area contributed by atoms with Crippen molar-refractivity contribution in [3.05, 3.63) is 65.7 Å². The van der Waals surface area contributed by atoms with Gasteiger partial charge in [0.1, 0.15) is 11.5 Å². The molecule has 34 heavy (non-hydrogen) atoms. The van der Waals surface area contributed by atoms with Gasteiger partial charge in [-0.15, -0.1) is 0 Å². The Morgan fingerprint density at radius 2 is 2.00 bits per heavy atom. The molecule has 0 aliphatic heterocycles. The number of amides is 2. The van der Waals surface area contributed by atoms with Gasteiger partial charge in [0.25, 0.3) is 11.8 Å². The van der Waals surface area contributed by atoms with Crippen molar-refractivity contribution in [3.63, 3.8) is 0 Å². The molecule has 2 heterocycles. The van der Waals surface area contributed by atoms with Crippen LogP contribution < -0.4 is 11.1 Å². The zero-order valence-electron chi connectivity index (χ0n) is 18.5. The zero-order chi connectivity index (χ0) is 23.8. The molecule has 5 rings (SSSR count). The molecule has 2 aromatic heterocycles. The highest BCUT2D eigenvalue weighted by Crippen LogP contribution is 2.35. The van der Waals surface area contributed by atoms with Crippen LogP contribution in [0.15, 0.2) is 48.5 Å². The number of carbonyl (C=O) groups excluding carboxylic acids is 2. The third-order valence-corrected chi connectivity index (χ3v) is 6.73.